The van der Waals surface area contributed by atoms with Crippen molar-refractivity contribution in [3.8, 4) is 0 Å². The summed E-state index contributed by atoms with van der Waals surface area (Å²) < 4.78 is 0. The number of aliphatic hydroxyl groups is 1. The molecule has 1 aliphatic heterocycles. The van der Waals surface area contributed by atoms with E-state index in [1.54, 1.807) is 0 Å². The van der Waals surface area contributed by atoms with E-state index in [1.807, 2.05) is 0 Å². The van der Waals surface area contributed by atoms with E-state index in [0.29, 0.717) is 5.92 Å². The first-order valence-electron chi connectivity index (χ1n) is 5.46. The van der Waals surface area contributed by atoms with Gasteiger partial charge in [-0.1, -0.05) is 12.8 Å². The summed E-state index contributed by atoms with van der Waals surface area (Å²) in [6.07, 6.45) is 6.85. The zero-order chi connectivity index (χ0) is 9.31. The summed E-state index contributed by atoms with van der Waals surface area (Å²) in [6, 6.07) is 0.135. The summed E-state index contributed by atoms with van der Waals surface area (Å²) in [6.45, 7) is 1.01. The van der Waals surface area contributed by atoms with E-state index in [0.717, 1.165) is 32.2 Å². The van der Waals surface area contributed by atoms with Gasteiger partial charge < -0.3 is 10.4 Å². The lowest BCUT2D eigenvalue weighted by atomic mass is 9.65. The van der Waals surface area contributed by atoms with Gasteiger partial charge in [-0.3, -0.25) is 0 Å². The van der Waals surface area contributed by atoms with Crippen molar-refractivity contribution in [1.29, 1.82) is 0 Å². The molecule has 1 saturated carbocycles. The lowest BCUT2D eigenvalue weighted by Crippen LogP contribution is -2.53. The zero-order valence-electron chi connectivity index (χ0n) is 8.13. The first kappa shape index (κ1) is 9.54. The summed E-state index contributed by atoms with van der Waals surface area (Å²) in [7, 11) is 6.02. The van der Waals surface area contributed by atoms with Crippen LogP contribution in [-0.2, 0) is 0 Å². The monoisotopic (exact) mass is 179 g/mol. The summed E-state index contributed by atoms with van der Waals surface area (Å²) in [5.41, 5.74) is -0.951. The Hall–Kier alpha value is -0.0151. The third-order valence-corrected chi connectivity index (χ3v) is 3.63. The largest absolute Gasteiger partial charge is 0.398 e. The Kier molecular flexibility index (Phi) is 2.66. The fourth-order valence-corrected chi connectivity index (χ4v) is 2.75. The SMILES string of the molecule is [B][C@@](O)(C1CCCC1)[C@@H]1CCCN1. The second-order valence-electron chi connectivity index (χ2n) is 4.52. The molecule has 2 aliphatic rings. The Labute approximate surface area is 81.5 Å². The van der Waals surface area contributed by atoms with Crippen molar-refractivity contribution in [2.24, 2.45) is 5.92 Å². The van der Waals surface area contributed by atoms with Gasteiger partial charge in [-0.15, -0.1) is 0 Å². The van der Waals surface area contributed by atoms with Gasteiger partial charge in [0.15, 0.2) is 0 Å². The van der Waals surface area contributed by atoms with Gasteiger partial charge in [0.05, 0.1) is 0 Å². The van der Waals surface area contributed by atoms with E-state index in [9.17, 15) is 5.11 Å². The molecule has 13 heavy (non-hydrogen) atoms. The van der Waals surface area contributed by atoms with Crippen LogP contribution in [0.2, 0.25) is 0 Å². The van der Waals surface area contributed by atoms with Crippen LogP contribution in [0, 0.1) is 5.92 Å². The molecule has 2 N–H and O–H groups in total. The molecule has 0 bridgehead atoms. The molecule has 0 aromatic carbocycles. The van der Waals surface area contributed by atoms with Crippen LogP contribution in [0.15, 0.2) is 0 Å². The van der Waals surface area contributed by atoms with Crippen molar-refractivity contribution in [1.82, 2.24) is 5.32 Å². The van der Waals surface area contributed by atoms with E-state index in [2.05, 4.69) is 5.32 Å². The molecule has 1 saturated heterocycles. The normalized spacial score (nSPS) is 35.0. The lowest BCUT2D eigenvalue weighted by molar-refractivity contribution is 0.0335. The van der Waals surface area contributed by atoms with Gasteiger partial charge >= 0.3 is 0 Å². The molecule has 2 atom stereocenters. The molecule has 0 amide bonds. The smallest absolute Gasteiger partial charge is 0.115 e. The second kappa shape index (κ2) is 3.62. The molecule has 2 nitrogen and oxygen atoms in total. The molecule has 0 aromatic heterocycles. The Balaban J connectivity index is 1.99. The van der Waals surface area contributed by atoms with E-state index in [1.165, 1.54) is 12.8 Å². The minimum atomic E-state index is -0.951. The zero-order valence-corrected chi connectivity index (χ0v) is 8.13. The van der Waals surface area contributed by atoms with Crippen molar-refractivity contribution >= 4 is 7.85 Å². The second-order valence-corrected chi connectivity index (χ2v) is 4.52. The summed E-state index contributed by atoms with van der Waals surface area (Å²) >= 11 is 0. The molecular formula is C10H18BNO. The molecule has 2 fully saturated rings. The molecule has 1 aliphatic carbocycles. The highest BCUT2D eigenvalue weighted by molar-refractivity contribution is 6.15. The molecule has 0 aromatic rings. The van der Waals surface area contributed by atoms with Crippen LogP contribution >= 0.6 is 0 Å². The summed E-state index contributed by atoms with van der Waals surface area (Å²) in [5, 5.41) is 13.5. The molecule has 2 radical (unpaired) electrons. The Morgan fingerprint density at radius 2 is 1.85 bits per heavy atom. The molecule has 2 rings (SSSR count). The summed E-state index contributed by atoms with van der Waals surface area (Å²) in [5.74, 6) is 0.322. The van der Waals surface area contributed by atoms with Crippen molar-refractivity contribution in [2.75, 3.05) is 6.54 Å². The van der Waals surface area contributed by atoms with Crippen LogP contribution in [-0.4, -0.2) is 31.0 Å². The van der Waals surface area contributed by atoms with Crippen molar-refractivity contribution < 1.29 is 5.11 Å². The Morgan fingerprint density at radius 1 is 1.15 bits per heavy atom. The topological polar surface area (TPSA) is 32.3 Å². The van der Waals surface area contributed by atoms with Gasteiger partial charge in [0.2, 0.25) is 0 Å². The highest BCUT2D eigenvalue weighted by Gasteiger charge is 2.40. The number of nitrogens with one attached hydrogen (secondary N) is 1. The Bertz CT molecular complexity index is 154. The van der Waals surface area contributed by atoms with Crippen LogP contribution in [0.4, 0.5) is 0 Å². The van der Waals surface area contributed by atoms with E-state index in [-0.39, 0.29) is 6.04 Å². The van der Waals surface area contributed by atoms with Crippen LogP contribution in [0.1, 0.15) is 38.5 Å². The molecule has 0 unspecified atom stereocenters. The predicted molar refractivity (Wildman–Crippen MR) is 53.7 cm³/mol. The number of rotatable bonds is 2. The van der Waals surface area contributed by atoms with Crippen LogP contribution in [0.5, 0.6) is 0 Å². The van der Waals surface area contributed by atoms with E-state index >= 15 is 0 Å². The predicted octanol–water partition coefficient (Wildman–Crippen LogP) is 0.786. The quantitative estimate of drug-likeness (QED) is 0.614. The van der Waals surface area contributed by atoms with Crippen molar-refractivity contribution in [3.05, 3.63) is 0 Å². The van der Waals surface area contributed by atoms with Gasteiger partial charge in [-0.2, -0.15) is 0 Å². The van der Waals surface area contributed by atoms with Crippen molar-refractivity contribution in [2.45, 2.75) is 50.1 Å². The third kappa shape index (κ3) is 1.77. The molecular weight excluding hydrogens is 161 g/mol. The standard InChI is InChI=1S/C10H18BNO/c11-10(13,8-4-1-2-5-8)9-6-3-7-12-9/h8-9,12-13H,1-7H2/t9-,10+/m0/s1. The summed E-state index contributed by atoms with van der Waals surface area (Å²) in [4.78, 5) is 0. The van der Waals surface area contributed by atoms with Gasteiger partial charge in [-0.25, -0.2) is 0 Å². The minimum absolute atomic E-state index is 0.135. The molecule has 1 heterocycles. The average Bonchev–Trinajstić information content (AvgIpc) is 2.78. The maximum Gasteiger partial charge on any atom is 0.115 e. The lowest BCUT2D eigenvalue weighted by Gasteiger charge is -2.36. The maximum absolute atomic E-state index is 10.2. The average molecular weight is 179 g/mol. The number of hydrogen-bond acceptors (Lipinski definition) is 2. The Morgan fingerprint density at radius 3 is 2.38 bits per heavy atom. The van der Waals surface area contributed by atoms with Gasteiger partial charge in [0.25, 0.3) is 0 Å². The number of hydrogen-bond donors (Lipinski definition) is 2. The molecule has 0 spiro atoms. The van der Waals surface area contributed by atoms with E-state index in [4.69, 9.17) is 7.85 Å². The molecule has 3 heteroatoms. The van der Waals surface area contributed by atoms with Crippen LogP contribution < -0.4 is 5.32 Å². The molecule has 72 valence electrons. The van der Waals surface area contributed by atoms with Crippen LogP contribution in [0.25, 0.3) is 0 Å². The van der Waals surface area contributed by atoms with Crippen molar-refractivity contribution in [3.63, 3.8) is 0 Å². The van der Waals surface area contributed by atoms with Gasteiger partial charge in [-0.05, 0) is 38.1 Å². The highest BCUT2D eigenvalue weighted by atomic mass is 16.3. The van der Waals surface area contributed by atoms with Crippen LogP contribution in [0.3, 0.4) is 0 Å². The van der Waals surface area contributed by atoms with Gasteiger partial charge in [0, 0.05) is 11.5 Å². The first-order chi connectivity index (χ1) is 6.21. The maximum atomic E-state index is 10.2. The first-order valence-corrected chi connectivity index (χ1v) is 5.46. The van der Waals surface area contributed by atoms with E-state index < -0.39 is 5.50 Å². The fourth-order valence-electron chi connectivity index (χ4n) is 2.75. The third-order valence-electron chi connectivity index (χ3n) is 3.63. The van der Waals surface area contributed by atoms with Gasteiger partial charge in [0.1, 0.15) is 7.85 Å². The minimum Gasteiger partial charge on any atom is -0.398 e. The fraction of sp³-hybridized carbons (Fsp3) is 1.00. The highest BCUT2D eigenvalue weighted by Crippen LogP contribution is 2.36.